The maximum atomic E-state index is 10.4. The van der Waals surface area contributed by atoms with Crippen LogP contribution in [0.15, 0.2) is 0 Å². The van der Waals surface area contributed by atoms with E-state index >= 15 is 0 Å². The molecule has 15 nitrogen and oxygen atoms in total. The number of hydroxylamine groups is 2. The summed E-state index contributed by atoms with van der Waals surface area (Å²) in [5.41, 5.74) is 0. The van der Waals surface area contributed by atoms with Crippen LogP contribution in [0.25, 0.3) is 0 Å². The normalized spacial score (nSPS) is 7.06. The number of rotatable bonds is 22. The minimum absolute atomic E-state index is 0. The van der Waals surface area contributed by atoms with E-state index in [1.54, 1.807) is 27.7 Å². The van der Waals surface area contributed by atoms with Crippen LogP contribution in [-0.4, -0.2) is 52.2 Å². The monoisotopic (exact) mass is 1410 g/mol. The summed E-state index contributed by atoms with van der Waals surface area (Å²) in [5.74, 6) is 91.2. The van der Waals surface area contributed by atoms with Crippen molar-refractivity contribution in [3.63, 3.8) is 0 Å². The fraction of sp³-hybridized carbons (Fsp3) is 0.429. The van der Waals surface area contributed by atoms with E-state index in [0.29, 0.717) is 0 Å². The molecule has 0 unspecified atom stereocenters. The van der Waals surface area contributed by atoms with Crippen molar-refractivity contribution in [2.24, 2.45) is 0 Å². The third-order valence-electron chi connectivity index (χ3n) is 6.61. The second-order valence-corrected chi connectivity index (χ2v) is 16.6. The Morgan fingerprint density at radius 2 is 0.581 bits per heavy atom. The van der Waals surface area contributed by atoms with Crippen LogP contribution < -0.4 is 76.1 Å². The summed E-state index contributed by atoms with van der Waals surface area (Å²) in [7, 11) is -7.60. The average molecular weight is 1420 g/mol. The fourth-order valence-electron chi connectivity index (χ4n) is 3.86. The molecule has 23 heteroatoms. The quantitative estimate of drug-likeness (QED) is 0.0124. The van der Waals surface area contributed by atoms with Gasteiger partial charge in [-0.3, -0.25) is 22.4 Å². The molecule has 0 amide bonds. The van der Waals surface area contributed by atoms with Gasteiger partial charge < -0.3 is 30.3 Å². The second kappa shape index (κ2) is 105. The zero-order valence-electron chi connectivity index (χ0n) is 48.3. The Bertz CT molecular complexity index is 3100. The predicted octanol–water partition coefficient (Wildman–Crippen LogP) is 7.53. The van der Waals surface area contributed by atoms with Crippen LogP contribution in [0.4, 0.5) is 0 Å². The Balaban J connectivity index is -0.0000000133. The molecular weight excluding hydrogens is 1280 g/mol. The summed E-state index contributed by atoms with van der Waals surface area (Å²) < 4.78 is 65.2. The van der Waals surface area contributed by atoms with E-state index in [1.807, 2.05) is 0 Å². The number of nitrogens with zero attached hydrogens (tertiary/aromatic N) is 1. The number of hydrogen-bond acceptors (Lipinski definition) is 18. The summed E-state index contributed by atoms with van der Waals surface area (Å²) in [6.45, 7) is 11.4. The molecule has 0 radical (unpaired) electrons. The first kappa shape index (κ1) is 109. The van der Waals surface area contributed by atoms with Crippen molar-refractivity contribution in [2.75, 3.05) is 14.1 Å². The number of hydrogen-bond donors (Lipinski definition) is 2. The van der Waals surface area contributed by atoms with Crippen molar-refractivity contribution >= 4 is 52.0 Å². The van der Waals surface area contributed by atoms with Crippen LogP contribution in [0, 0.1) is 213 Å². The number of halogens is 1. The van der Waals surface area contributed by atoms with Crippen molar-refractivity contribution in [3.05, 3.63) is 0 Å². The molecule has 2 N–H and O–H groups in total. The topological polar surface area (TPSA) is 200 Å². The molecule has 0 aliphatic rings. The fourth-order valence-corrected chi connectivity index (χ4v) is 4.43. The molecule has 0 heterocycles. The molecule has 0 fully saturated rings. The molecule has 0 saturated heterocycles. The number of thiol groups is 1. The van der Waals surface area contributed by atoms with Crippen molar-refractivity contribution in [3.8, 4) is 213 Å². The summed E-state index contributed by atoms with van der Waals surface area (Å²) in [5, 5.41) is 27.0. The minimum Gasteiger partial charge on any atom is -1.00 e. The van der Waals surface area contributed by atoms with E-state index in [2.05, 4.69) is 282 Å². The van der Waals surface area contributed by atoms with Gasteiger partial charge in [-0.2, -0.15) is 17.8 Å². The first-order valence-corrected chi connectivity index (χ1v) is 28.0. The Labute approximate surface area is 632 Å². The third kappa shape index (κ3) is 143. The van der Waals surface area contributed by atoms with Crippen LogP contribution in [0.2, 0.25) is 0 Å². The molecule has 0 atom stereocenters. The van der Waals surface area contributed by atoms with Crippen molar-refractivity contribution < 1.29 is 184 Å². The van der Waals surface area contributed by atoms with Gasteiger partial charge in [0.1, 0.15) is 0 Å². The Kier molecular flexibility index (Phi) is 132. The zero-order valence-corrected chi connectivity index (χ0v) is 56.9. The molecule has 0 aliphatic carbocycles. The van der Waals surface area contributed by atoms with Gasteiger partial charge in [-0.15, -0.1) is 1.12 Å². The minimum atomic E-state index is -4.94. The van der Waals surface area contributed by atoms with Gasteiger partial charge in [-0.05, 0) is 242 Å². The van der Waals surface area contributed by atoms with Gasteiger partial charge in [0.05, 0.1) is 0 Å². The van der Waals surface area contributed by atoms with Gasteiger partial charge in [0, 0.05) is 56.9 Å². The van der Waals surface area contributed by atoms with Crippen LogP contribution in [-0.2, 0) is 85.1 Å². The maximum absolute atomic E-state index is 10.4. The summed E-state index contributed by atoms with van der Waals surface area (Å²) >= 11 is 8.26. The summed E-state index contributed by atoms with van der Waals surface area (Å²) in [4.78, 5) is 0. The Morgan fingerprint density at radius 1 is 0.419 bits per heavy atom. The van der Waals surface area contributed by atoms with Gasteiger partial charge in [0.15, 0.2) is 0 Å². The van der Waals surface area contributed by atoms with E-state index in [1.165, 1.54) is 110 Å². The standard InChI is InChI=1S/2C20H6.C17H36.C2H7NO7S.4CH4.BrH.2Na.H2O7S.HS3.30H2/c2*1-3-5-7-9-11-13-15-17-19-20-18-16-14-12-10-8-6-4-2;1-3-5-7-9-11-13-15-17-16-14-12-10-8-6-4-2;1-3(2)7-11(5,6)10-9-8-4;;;;;;;;1-5-6-7-8(2,3)4;1-3-2;;;;;;;;;;;;;;;;;;;;;;;;;;;;;;/h2*1-2H3;3-17H2,1-2H3;4H,1-2H3;4*1H4;1H;;;1H,(H,2,3,4);3H;30*1H/q;;;;;;;;;2*+1;;-1;;;;;;;;;;;;;;;;;;;;;;;;;;;;;;/p-2/i;;;;;;;;;;;;3D;;;;;;;;;;;;;;;;;;;;;;;;;;;;;;. The molecule has 86 heavy (non-hydrogen) atoms. The van der Waals surface area contributed by atoms with Gasteiger partial charge in [0.2, 0.25) is 10.4 Å². The second-order valence-electron chi connectivity index (χ2n) is 12.8. The molecule has 0 spiro atoms. The van der Waals surface area contributed by atoms with E-state index in [4.69, 9.17) is 11.6 Å². The van der Waals surface area contributed by atoms with Crippen molar-refractivity contribution in [1.29, 1.82) is 1.12 Å². The van der Waals surface area contributed by atoms with Crippen LogP contribution in [0.1, 0.15) is 210 Å². The molecule has 0 saturated carbocycles. The largest absolute Gasteiger partial charge is 1.00 e. The third-order valence-corrected chi connectivity index (χ3v) is 7.53. The van der Waals surface area contributed by atoms with Gasteiger partial charge in [-0.25, -0.2) is 18.9 Å². The molecule has 0 aromatic rings. The predicted molar refractivity (Wildman–Crippen MR) is 402 cm³/mol. The SMILES string of the molecule is C.C.C.C.CC#CC#CC#CC#CC#CC#CC#CC#CC#CC.CC#CC#CC#CC#CC#CC#CC#CC#CC#CC.CCCCCCCCCCCCCCCCC.CN(C)OS(=O)(=O)OOOO.O=S(=O)([O-])OOOO.[2H][S-](=S)=S.[Br-].[HH].[HH].[HH].[HH].[HH].[HH].[HH].[HH].[HH].[HH].[HH].[HH].[HH].[HH].[HH].[HH].[HH].[HH].[HH].[HH].[HH].[HH].[HH].[HH].[HH].[HH].[HH].[HH].[HH].[HH].[Na+].[Na+]. The van der Waals surface area contributed by atoms with E-state index in [0.717, 1.165) is 5.06 Å². The molecule has 514 valence electrons. The summed E-state index contributed by atoms with van der Waals surface area (Å²) in [6, 6.07) is 0. The van der Waals surface area contributed by atoms with Gasteiger partial charge in [0.25, 0.3) is 0 Å². The van der Waals surface area contributed by atoms with Crippen molar-refractivity contribution in [2.45, 2.75) is 168 Å². The first-order chi connectivity index (χ1) is 38.5. The molecule has 0 aromatic heterocycles. The van der Waals surface area contributed by atoms with Crippen LogP contribution in [0.5, 0.6) is 0 Å². The van der Waals surface area contributed by atoms with Crippen LogP contribution in [0.3, 0.4) is 0 Å². The van der Waals surface area contributed by atoms with Gasteiger partial charge >= 0.3 is 69.5 Å². The van der Waals surface area contributed by atoms with E-state index < -0.39 is 29.6 Å². The summed E-state index contributed by atoms with van der Waals surface area (Å²) in [6.07, 6.45) is 21.9. The zero-order chi connectivity index (χ0) is 61.2. The average Bonchev–Trinajstić information content (AvgIpc) is 3.41. The molecule has 0 aliphatic heterocycles. The van der Waals surface area contributed by atoms with Gasteiger partial charge in [-0.1, -0.05) is 168 Å². The molecular formula is C63H133BrNNa2O14S5-. The number of unbranched alkanes of at least 4 members (excludes halogenated alkanes) is 14. The molecule has 0 aromatic carbocycles. The van der Waals surface area contributed by atoms with E-state index in [9.17, 15) is 21.4 Å². The Hall–Kier alpha value is -5.19. The smallest absolute Gasteiger partial charge is 1.00 e. The first-order valence-electron chi connectivity index (χ1n) is 23.1. The van der Waals surface area contributed by atoms with E-state index in [-0.39, 0.29) is 149 Å². The molecule has 0 rings (SSSR count). The van der Waals surface area contributed by atoms with Crippen molar-refractivity contribution in [1.82, 2.24) is 5.06 Å². The van der Waals surface area contributed by atoms with Crippen LogP contribution >= 0.6 is 0 Å². The molecule has 0 bridgehead atoms. The maximum Gasteiger partial charge on any atom is 1.00 e. The Morgan fingerprint density at radius 3 is 0.709 bits per heavy atom.